The van der Waals surface area contributed by atoms with Crippen LogP contribution in [0.5, 0.6) is 0 Å². The molecular weight excluding hydrogens is 104 g/mol. The predicted octanol–water partition coefficient (Wildman–Crippen LogP) is 1.11. The van der Waals surface area contributed by atoms with Gasteiger partial charge in [-0.05, 0) is 0 Å². The maximum Gasteiger partial charge on any atom is 0.183 e. The van der Waals surface area contributed by atoms with Crippen molar-refractivity contribution in [2.45, 2.75) is 0 Å². The van der Waals surface area contributed by atoms with Crippen LogP contribution in [0.2, 0.25) is 0 Å². The van der Waals surface area contributed by atoms with Crippen molar-refractivity contribution in [3.63, 3.8) is 0 Å². The van der Waals surface area contributed by atoms with Crippen LogP contribution in [0.15, 0.2) is 23.0 Å². The molecule has 3 nitrogen and oxygen atoms in total. The highest BCUT2D eigenvalue weighted by Crippen LogP contribution is 2.16. The third-order valence-electron chi connectivity index (χ3n) is 1.06. The molecule has 8 heavy (non-hydrogen) atoms. The van der Waals surface area contributed by atoms with Crippen molar-refractivity contribution in [2.24, 2.45) is 0 Å². The molecule has 3 heteroatoms. The Kier molecular flexibility index (Phi) is 0.521. The molecule has 0 aromatic rings. The molecule has 2 heterocycles. The first-order chi connectivity index (χ1) is 3.97. The summed E-state index contributed by atoms with van der Waals surface area (Å²) in [5.74, 6) is 0.810. The molecule has 0 radical (unpaired) electrons. The Morgan fingerprint density at radius 3 is 3.50 bits per heavy atom. The average Bonchev–Trinajstić information content (AvgIpc) is 2.15. The van der Waals surface area contributed by atoms with E-state index in [1.807, 2.05) is 6.07 Å². The van der Waals surface area contributed by atoms with E-state index >= 15 is 0 Å². The third kappa shape index (κ3) is 0.307. The SMILES string of the molecule is c1cc2o[nH]cc-2n1. The van der Waals surface area contributed by atoms with Gasteiger partial charge in [0.2, 0.25) is 0 Å². The van der Waals surface area contributed by atoms with E-state index < -0.39 is 0 Å². The van der Waals surface area contributed by atoms with Crippen LogP contribution in [0.1, 0.15) is 0 Å². The van der Waals surface area contributed by atoms with E-state index in [0.29, 0.717) is 0 Å². The van der Waals surface area contributed by atoms with Gasteiger partial charge in [0.25, 0.3) is 0 Å². The highest BCUT2D eigenvalue weighted by Gasteiger charge is 2.03. The lowest BCUT2D eigenvalue weighted by atomic mass is 10.4. The summed E-state index contributed by atoms with van der Waals surface area (Å²) in [4.78, 5) is 3.95. The normalized spacial score (nSPS) is 10.5. The predicted molar refractivity (Wildman–Crippen MR) is 27.5 cm³/mol. The number of nitrogens with zero attached hydrogens (tertiary/aromatic N) is 1. The lowest BCUT2D eigenvalue weighted by Crippen LogP contribution is -1.59. The molecule has 2 aliphatic heterocycles. The van der Waals surface area contributed by atoms with Crippen LogP contribution in [-0.2, 0) is 0 Å². The van der Waals surface area contributed by atoms with Gasteiger partial charge in [-0.1, -0.05) is 0 Å². The molecule has 0 fully saturated rings. The fourth-order valence-electron chi connectivity index (χ4n) is 0.678. The number of nitrogens with one attached hydrogen (secondary N) is 1. The van der Waals surface area contributed by atoms with E-state index in [2.05, 4.69) is 10.1 Å². The maximum atomic E-state index is 4.87. The molecular formula is C5H4N2O. The zero-order valence-electron chi connectivity index (χ0n) is 4.09. The van der Waals surface area contributed by atoms with Crippen molar-refractivity contribution < 1.29 is 4.52 Å². The van der Waals surface area contributed by atoms with E-state index in [4.69, 9.17) is 4.52 Å². The minimum atomic E-state index is 0.810. The number of aromatic amines is 1. The number of H-pyrrole nitrogens is 1. The number of hydrogen-bond acceptors (Lipinski definition) is 2. The molecule has 0 unspecified atom stereocenters. The van der Waals surface area contributed by atoms with Crippen molar-refractivity contribution in [1.82, 2.24) is 10.1 Å². The van der Waals surface area contributed by atoms with Gasteiger partial charge in [-0.3, -0.25) is 4.98 Å². The van der Waals surface area contributed by atoms with Crippen molar-refractivity contribution in [2.75, 3.05) is 0 Å². The standard InChI is InChI=1S/C5H4N2O/c1-2-6-4-3-7-8-5(1)4/h1-3,7H. The van der Waals surface area contributed by atoms with Crippen molar-refractivity contribution in [3.8, 4) is 11.5 Å². The minimum absolute atomic E-state index is 0.810. The molecule has 0 spiro atoms. The van der Waals surface area contributed by atoms with Crippen LogP contribution in [0.3, 0.4) is 0 Å². The highest BCUT2D eigenvalue weighted by atomic mass is 16.5. The van der Waals surface area contributed by atoms with E-state index in [1.54, 1.807) is 12.4 Å². The van der Waals surface area contributed by atoms with Gasteiger partial charge in [-0.15, -0.1) is 0 Å². The molecule has 2 aliphatic rings. The number of hydrogen-bond donors (Lipinski definition) is 1. The zero-order valence-corrected chi connectivity index (χ0v) is 4.09. The second kappa shape index (κ2) is 1.12. The van der Waals surface area contributed by atoms with Gasteiger partial charge < -0.3 is 4.52 Å². The third-order valence-corrected chi connectivity index (χ3v) is 1.06. The summed E-state index contributed by atoms with van der Waals surface area (Å²) in [6.45, 7) is 0. The Morgan fingerprint density at radius 2 is 2.62 bits per heavy atom. The molecule has 40 valence electrons. The summed E-state index contributed by atoms with van der Waals surface area (Å²) in [5.41, 5.74) is 0.880. The van der Waals surface area contributed by atoms with Gasteiger partial charge in [-0.2, -0.15) is 0 Å². The average molecular weight is 108 g/mol. The van der Waals surface area contributed by atoms with Crippen molar-refractivity contribution in [1.29, 1.82) is 0 Å². The second-order valence-electron chi connectivity index (χ2n) is 1.56. The van der Waals surface area contributed by atoms with Gasteiger partial charge in [0.15, 0.2) is 5.76 Å². The Morgan fingerprint density at radius 1 is 1.62 bits per heavy atom. The molecule has 0 atom stereocenters. The van der Waals surface area contributed by atoms with E-state index in [0.717, 1.165) is 11.5 Å². The van der Waals surface area contributed by atoms with E-state index in [-0.39, 0.29) is 0 Å². The minimum Gasteiger partial charge on any atom is -0.380 e. The largest absolute Gasteiger partial charge is 0.380 e. The molecule has 0 bridgehead atoms. The monoisotopic (exact) mass is 108 g/mol. The first-order valence-corrected chi connectivity index (χ1v) is 2.34. The summed E-state index contributed by atoms with van der Waals surface area (Å²) >= 11 is 0. The van der Waals surface area contributed by atoms with Crippen molar-refractivity contribution >= 4 is 0 Å². The van der Waals surface area contributed by atoms with Gasteiger partial charge in [0.05, 0.1) is 6.20 Å². The maximum absolute atomic E-state index is 4.87. The van der Waals surface area contributed by atoms with Gasteiger partial charge in [0, 0.05) is 12.3 Å². The van der Waals surface area contributed by atoms with Crippen LogP contribution in [0.25, 0.3) is 11.5 Å². The molecule has 2 rings (SSSR count). The summed E-state index contributed by atoms with van der Waals surface area (Å²) in [6, 6.07) is 1.81. The summed E-state index contributed by atoms with van der Waals surface area (Å²) in [5, 5.41) is 2.58. The molecule has 0 aromatic heterocycles. The van der Waals surface area contributed by atoms with Crippen LogP contribution in [0, 0.1) is 0 Å². The Balaban J connectivity index is 2.84. The topological polar surface area (TPSA) is 41.8 Å². The number of fused-ring (bicyclic) bond motifs is 1. The number of aromatic nitrogens is 2. The summed E-state index contributed by atoms with van der Waals surface area (Å²) in [6.07, 6.45) is 3.43. The molecule has 0 aromatic carbocycles. The molecule has 0 saturated heterocycles. The van der Waals surface area contributed by atoms with E-state index in [1.165, 1.54) is 0 Å². The molecule has 1 N–H and O–H groups in total. The van der Waals surface area contributed by atoms with Gasteiger partial charge in [-0.25, -0.2) is 5.16 Å². The van der Waals surface area contributed by atoms with Crippen LogP contribution in [0.4, 0.5) is 0 Å². The van der Waals surface area contributed by atoms with Crippen LogP contribution >= 0.6 is 0 Å². The highest BCUT2D eigenvalue weighted by molar-refractivity contribution is 5.51. The molecule has 0 saturated carbocycles. The van der Waals surface area contributed by atoms with Crippen molar-refractivity contribution in [3.05, 3.63) is 18.5 Å². The fraction of sp³-hybridized carbons (Fsp3) is 0. The Labute approximate surface area is 45.6 Å². The molecule has 0 amide bonds. The lowest BCUT2D eigenvalue weighted by molar-refractivity contribution is 0.434. The zero-order chi connectivity index (χ0) is 5.40. The number of rotatable bonds is 0. The van der Waals surface area contributed by atoms with Gasteiger partial charge in [0.1, 0.15) is 5.69 Å². The van der Waals surface area contributed by atoms with Gasteiger partial charge >= 0.3 is 0 Å². The summed E-state index contributed by atoms with van der Waals surface area (Å²) in [7, 11) is 0. The van der Waals surface area contributed by atoms with Crippen LogP contribution < -0.4 is 0 Å². The summed E-state index contributed by atoms with van der Waals surface area (Å²) < 4.78 is 4.87. The van der Waals surface area contributed by atoms with Crippen LogP contribution in [-0.4, -0.2) is 10.1 Å². The first-order valence-electron chi connectivity index (χ1n) is 2.34. The lowest BCUT2D eigenvalue weighted by Gasteiger charge is -1.72. The fourth-order valence-corrected chi connectivity index (χ4v) is 0.678. The van der Waals surface area contributed by atoms with E-state index in [9.17, 15) is 0 Å². The molecule has 0 aliphatic carbocycles. The Hall–Kier alpha value is -1.25. The first kappa shape index (κ1) is 3.72. The smallest absolute Gasteiger partial charge is 0.183 e. The second-order valence-corrected chi connectivity index (χ2v) is 1.56. The quantitative estimate of drug-likeness (QED) is 0.549. The Bertz CT molecular complexity index is 202.